The molecule has 2 rings (SSSR count). The molecule has 0 fully saturated rings. The summed E-state index contributed by atoms with van der Waals surface area (Å²) < 4.78 is 0.807. The summed E-state index contributed by atoms with van der Waals surface area (Å²) in [6.07, 6.45) is 4.75. The lowest BCUT2D eigenvalue weighted by atomic mass is 9.98. The summed E-state index contributed by atoms with van der Waals surface area (Å²) in [4.78, 5) is 29.0. The molecular formula is C18H24BrN5O2S. The first kappa shape index (κ1) is 21.4. The van der Waals surface area contributed by atoms with E-state index in [-0.39, 0.29) is 23.7 Å². The summed E-state index contributed by atoms with van der Waals surface area (Å²) in [5.41, 5.74) is 0.645. The molecule has 27 heavy (non-hydrogen) atoms. The third kappa shape index (κ3) is 6.66. The molecule has 0 radical (unpaired) electrons. The predicted octanol–water partition coefficient (Wildman–Crippen LogP) is 3.46. The molecule has 0 bridgehead atoms. The number of hydrogen-bond donors (Lipinski definition) is 2. The van der Waals surface area contributed by atoms with Gasteiger partial charge in [-0.05, 0) is 34.0 Å². The van der Waals surface area contributed by atoms with Crippen LogP contribution >= 0.6 is 27.3 Å². The van der Waals surface area contributed by atoms with Crippen LogP contribution in [0.2, 0.25) is 0 Å². The Hall–Kier alpha value is -1.87. The van der Waals surface area contributed by atoms with Gasteiger partial charge in [-0.15, -0.1) is 10.2 Å². The van der Waals surface area contributed by atoms with E-state index in [0.29, 0.717) is 11.6 Å². The topological polar surface area (TPSA) is 96.9 Å². The summed E-state index contributed by atoms with van der Waals surface area (Å²) in [5, 5.41) is 15.0. The molecule has 1 atom stereocenters. The molecule has 7 nitrogen and oxygen atoms in total. The number of hydrogen-bond acceptors (Lipinski definition) is 6. The van der Waals surface area contributed by atoms with E-state index in [1.54, 1.807) is 12.4 Å². The summed E-state index contributed by atoms with van der Waals surface area (Å²) >= 11 is 4.68. The van der Waals surface area contributed by atoms with E-state index in [4.69, 9.17) is 0 Å². The van der Waals surface area contributed by atoms with Gasteiger partial charge < -0.3 is 5.32 Å². The maximum atomic E-state index is 12.6. The number of nitrogens with zero attached hydrogens (tertiary/aromatic N) is 3. The molecule has 2 N–H and O–H groups in total. The van der Waals surface area contributed by atoms with E-state index in [1.165, 1.54) is 11.3 Å². The van der Waals surface area contributed by atoms with Gasteiger partial charge in [0.1, 0.15) is 11.0 Å². The van der Waals surface area contributed by atoms with Crippen LogP contribution in [-0.2, 0) is 21.4 Å². The van der Waals surface area contributed by atoms with E-state index in [0.717, 1.165) is 21.5 Å². The summed E-state index contributed by atoms with van der Waals surface area (Å²) in [7, 11) is 0. The molecule has 9 heteroatoms. The van der Waals surface area contributed by atoms with Gasteiger partial charge in [-0.25, -0.2) is 0 Å². The lowest BCUT2D eigenvalue weighted by Crippen LogP contribution is -2.44. The van der Waals surface area contributed by atoms with Crippen molar-refractivity contribution in [1.29, 1.82) is 0 Å². The van der Waals surface area contributed by atoms with Crippen molar-refractivity contribution in [3.63, 3.8) is 0 Å². The number of anilines is 1. The molecule has 2 aromatic rings. The van der Waals surface area contributed by atoms with Crippen molar-refractivity contribution in [1.82, 2.24) is 20.5 Å². The average Bonchev–Trinajstić information content (AvgIpc) is 3.03. The second kappa shape index (κ2) is 9.36. The quantitative estimate of drug-likeness (QED) is 0.668. The number of halogens is 1. The van der Waals surface area contributed by atoms with Gasteiger partial charge in [-0.1, -0.05) is 45.5 Å². The monoisotopic (exact) mass is 453 g/mol. The lowest BCUT2D eigenvalue weighted by molar-refractivity contribution is -0.126. The van der Waals surface area contributed by atoms with Crippen LogP contribution < -0.4 is 10.6 Å². The number of carbonyl (C=O) groups excluding carboxylic acids is 2. The first-order valence-corrected chi connectivity index (χ1v) is 10.3. The number of amides is 2. The highest BCUT2D eigenvalue weighted by Crippen LogP contribution is 2.27. The van der Waals surface area contributed by atoms with Crippen LogP contribution in [0, 0.1) is 0 Å². The lowest BCUT2D eigenvalue weighted by Gasteiger charge is -2.17. The van der Waals surface area contributed by atoms with Gasteiger partial charge in [0.2, 0.25) is 16.9 Å². The van der Waals surface area contributed by atoms with Crippen LogP contribution in [0.25, 0.3) is 0 Å². The van der Waals surface area contributed by atoms with Crippen molar-refractivity contribution in [3.05, 3.63) is 33.5 Å². The van der Waals surface area contributed by atoms with Gasteiger partial charge in [0.15, 0.2) is 0 Å². The number of nitrogens with one attached hydrogen (secondary N) is 2. The Bertz CT molecular complexity index is 803. The fraction of sp³-hybridized carbons (Fsp3) is 0.500. The average molecular weight is 454 g/mol. The van der Waals surface area contributed by atoms with Crippen LogP contribution in [0.1, 0.15) is 51.1 Å². The normalized spacial score (nSPS) is 12.5. The van der Waals surface area contributed by atoms with E-state index in [2.05, 4.69) is 41.7 Å². The summed E-state index contributed by atoms with van der Waals surface area (Å²) in [6.45, 7) is 8.08. The van der Waals surface area contributed by atoms with Crippen LogP contribution in [0.15, 0.2) is 22.9 Å². The molecule has 0 aliphatic carbocycles. The Kier molecular flexibility index (Phi) is 7.43. The maximum Gasteiger partial charge on any atom is 0.248 e. The van der Waals surface area contributed by atoms with Gasteiger partial charge >= 0.3 is 0 Å². The molecule has 0 saturated carbocycles. The third-order valence-electron chi connectivity index (χ3n) is 3.65. The van der Waals surface area contributed by atoms with Crippen LogP contribution in [0.4, 0.5) is 5.13 Å². The summed E-state index contributed by atoms with van der Waals surface area (Å²) in [5.74, 6) is -0.509. The van der Waals surface area contributed by atoms with Crippen molar-refractivity contribution in [3.8, 4) is 0 Å². The molecule has 0 aliphatic rings. The van der Waals surface area contributed by atoms with E-state index < -0.39 is 6.04 Å². The number of rotatable bonds is 7. The molecule has 0 saturated heterocycles. The Morgan fingerprint density at radius 2 is 2.00 bits per heavy atom. The molecule has 1 unspecified atom stereocenters. The molecular weight excluding hydrogens is 430 g/mol. The standard InChI is InChI=1S/C18H24BrN5O2S/c1-5-6-13(21-14(25)8-11-7-12(19)10-20-9-11)15(26)22-17-24-23-16(27-17)18(2,3)4/h7,9-10,13H,5-6,8H2,1-4H3,(H,21,25)(H,22,24,26). The highest BCUT2D eigenvalue weighted by Gasteiger charge is 2.23. The van der Waals surface area contributed by atoms with Crippen molar-refractivity contribution in [2.45, 2.75) is 58.4 Å². The zero-order valence-electron chi connectivity index (χ0n) is 15.9. The Labute approximate surface area is 171 Å². The van der Waals surface area contributed by atoms with Crippen molar-refractivity contribution >= 4 is 44.2 Å². The number of carbonyl (C=O) groups is 2. The van der Waals surface area contributed by atoms with Gasteiger partial charge in [0, 0.05) is 22.3 Å². The third-order valence-corrected chi connectivity index (χ3v) is 5.35. The van der Waals surface area contributed by atoms with Crippen molar-refractivity contribution in [2.24, 2.45) is 0 Å². The zero-order chi connectivity index (χ0) is 20.0. The minimum atomic E-state index is -0.621. The van der Waals surface area contributed by atoms with Crippen molar-refractivity contribution in [2.75, 3.05) is 5.32 Å². The fourth-order valence-corrected chi connectivity index (χ4v) is 3.53. The molecule has 2 heterocycles. The predicted molar refractivity (Wildman–Crippen MR) is 110 cm³/mol. The zero-order valence-corrected chi connectivity index (χ0v) is 18.3. The first-order chi connectivity index (χ1) is 12.7. The highest BCUT2D eigenvalue weighted by atomic mass is 79.9. The molecule has 2 amide bonds. The van der Waals surface area contributed by atoms with E-state index in [9.17, 15) is 9.59 Å². The molecule has 0 aromatic carbocycles. The molecule has 0 spiro atoms. The van der Waals surface area contributed by atoms with Crippen LogP contribution in [-0.4, -0.2) is 33.0 Å². The fourth-order valence-electron chi connectivity index (χ4n) is 2.31. The van der Waals surface area contributed by atoms with Crippen LogP contribution in [0.3, 0.4) is 0 Å². The smallest absolute Gasteiger partial charge is 0.248 e. The first-order valence-electron chi connectivity index (χ1n) is 8.72. The summed E-state index contributed by atoms with van der Waals surface area (Å²) in [6, 6.07) is 1.21. The van der Waals surface area contributed by atoms with Crippen molar-refractivity contribution < 1.29 is 9.59 Å². The Morgan fingerprint density at radius 1 is 1.26 bits per heavy atom. The van der Waals surface area contributed by atoms with Gasteiger partial charge in [0.25, 0.3) is 0 Å². The minimum absolute atomic E-state index is 0.129. The second-order valence-electron chi connectivity index (χ2n) is 7.25. The largest absolute Gasteiger partial charge is 0.344 e. The second-order valence-corrected chi connectivity index (χ2v) is 9.14. The highest BCUT2D eigenvalue weighted by molar-refractivity contribution is 9.10. The molecule has 146 valence electrons. The molecule has 2 aromatic heterocycles. The Morgan fingerprint density at radius 3 is 2.59 bits per heavy atom. The van der Waals surface area contributed by atoms with Crippen LogP contribution in [0.5, 0.6) is 0 Å². The number of pyridine rings is 1. The minimum Gasteiger partial charge on any atom is -0.344 e. The Balaban J connectivity index is 1.99. The number of aromatic nitrogens is 3. The maximum absolute atomic E-state index is 12.6. The van der Waals surface area contributed by atoms with E-state index >= 15 is 0 Å². The van der Waals surface area contributed by atoms with Gasteiger partial charge in [-0.3, -0.25) is 19.9 Å². The molecule has 0 aliphatic heterocycles. The van der Waals surface area contributed by atoms with Gasteiger partial charge in [0.05, 0.1) is 6.42 Å². The van der Waals surface area contributed by atoms with E-state index in [1.807, 2.05) is 33.8 Å². The van der Waals surface area contributed by atoms with Gasteiger partial charge in [-0.2, -0.15) is 0 Å². The SMILES string of the molecule is CCCC(NC(=O)Cc1cncc(Br)c1)C(=O)Nc1nnc(C(C)(C)C)s1.